The molecule has 23 heteroatoms. The normalized spacial score (nSPS) is 26.9. The summed E-state index contributed by atoms with van der Waals surface area (Å²) in [5.41, 5.74) is 4.05. The third-order valence-electron chi connectivity index (χ3n) is 3.67. The molecule has 0 radical (unpaired) electrons. The maximum absolute atomic E-state index is 4.81. The second kappa shape index (κ2) is 18.0. The molecule has 0 amide bonds. The predicted molar refractivity (Wildman–Crippen MR) is 275 cm³/mol. The molecule has 202 valence electrons. The van der Waals surface area contributed by atoms with Crippen LogP contribution >= 0.6 is 249 Å². The topological polar surface area (TPSA) is 46.0 Å². The molecule has 1 aliphatic rings. The van der Waals surface area contributed by atoms with E-state index in [4.69, 9.17) is 10.2 Å². The molecule has 1 aromatic heterocycles. The molecule has 0 saturated carbocycles. The number of aryl methyl sites for hydroxylation is 1. The molecule has 1 aliphatic heterocycles. The molecule has 1 aromatic rings. The number of hydrogen-bond acceptors (Lipinski definition) is 4. The van der Waals surface area contributed by atoms with Gasteiger partial charge in [-0.25, -0.2) is 0 Å². The Hall–Kier alpha value is 12.0. The van der Waals surface area contributed by atoms with E-state index in [9.17, 15) is 0 Å². The molecule has 32 heavy (non-hydrogen) atoms. The number of aromatic nitrogens is 3. The number of halogens is 18. The van der Waals surface area contributed by atoms with Crippen molar-refractivity contribution in [3.05, 3.63) is 5.82 Å². The van der Waals surface area contributed by atoms with Crippen LogP contribution in [0.3, 0.4) is 0 Å². The Bertz CT molecular complexity index is 785. The number of nitrogens with zero attached hydrogens (tertiary/aromatic N) is 4. The van der Waals surface area contributed by atoms with Crippen LogP contribution in [0.25, 0.3) is 0 Å². The van der Waals surface area contributed by atoms with Crippen molar-refractivity contribution >= 4 is 255 Å². The number of alkyl halides is 4. The SMILES string of the molecule is Cc1nnc2n1C(I(I)I(I)I)(I(I)I(I)[I-]I)C(I(I)I)(I(I)[I-]I)N(C(C)(C)C)N2. The fraction of sp³-hybridized carbons (Fsp3) is 0.778. The van der Waals surface area contributed by atoms with Gasteiger partial charge in [-0.3, -0.25) is 0 Å². The van der Waals surface area contributed by atoms with Crippen LogP contribution in [-0.2, 0) is 1.55 Å². The van der Waals surface area contributed by atoms with E-state index in [0.29, 0.717) is 16.4 Å². The Labute approximate surface area is 335 Å². The number of fused-ring (bicyclic) bond motifs is 1. The van der Waals surface area contributed by atoms with Crippen molar-refractivity contribution in [3.63, 3.8) is 0 Å². The molecule has 0 aliphatic carbocycles. The molecule has 0 fully saturated rings. The number of hydrazine groups is 1. The first kappa shape index (κ1) is 40.2. The quantitative estimate of drug-likeness (QED) is 0.161. The zero-order valence-corrected chi connectivity index (χ0v) is 54.4. The van der Waals surface area contributed by atoms with E-state index in [2.05, 4.69) is 229 Å². The monoisotopic (exact) mass is 2480 g/mol. The summed E-state index contributed by atoms with van der Waals surface area (Å²) >= 11 is 25.2. The Morgan fingerprint density at radius 1 is 0.875 bits per heavy atom. The predicted octanol–water partition coefficient (Wildman–Crippen LogP) is 8.67. The third kappa shape index (κ3) is 8.36. The van der Waals surface area contributed by atoms with Crippen LogP contribution < -0.4 is 31.9 Å². The van der Waals surface area contributed by atoms with Gasteiger partial charge in [0.15, 0.2) is 0 Å². The van der Waals surface area contributed by atoms with Crippen molar-refractivity contribution in [2.24, 2.45) is 0 Å². The van der Waals surface area contributed by atoms with E-state index < -0.39 is 63.3 Å². The molecule has 0 aromatic carbocycles. The van der Waals surface area contributed by atoms with E-state index in [1.165, 1.54) is 5.82 Å². The summed E-state index contributed by atoms with van der Waals surface area (Å²) in [6, 6.07) is 0. The number of anilines is 1. The molecule has 5 nitrogen and oxygen atoms in total. The summed E-state index contributed by atoms with van der Waals surface area (Å²) in [5, 5.41) is 12.4. The summed E-state index contributed by atoms with van der Waals surface area (Å²) in [6.07, 6.45) is 0. The van der Waals surface area contributed by atoms with E-state index >= 15 is 0 Å². The Balaban J connectivity index is 3.22. The zero-order valence-electron chi connectivity index (χ0n) is 15.6. The van der Waals surface area contributed by atoms with Gasteiger partial charge in [0, 0.05) is 0 Å². The third-order valence-corrected chi connectivity index (χ3v) is 431. The second-order valence-corrected chi connectivity index (χ2v) is 237. The van der Waals surface area contributed by atoms with Gasteiger partial charge in [0.25, 0.3) is 0 Å². The van der Waals surface area contributed by atoms with Crippen LogP contribution in [0.15, 0.2) is 0 Å². The van der Waals surface area contributed by atoms with E-state index in [1.54, 1.807) is 0 Å². The van der Waals surface area contributed by atoms with Gasteiger partial charge in [-0.2, -0.15) is 0 Å². The van der Waals surface area contributed by atoms with Gasteiger partial charge in [-0.05, 0) is 0 Å². The van der Waals surface area contributed by atoms with Gasteiger partial charge in [-0.1, -0.05) is 0 Å². The number of rotatable bonds is 8. The number of hydrogen-bond donors (Lipinski definition) is 1. The summed E-state index contributed by atoms with van der Waals surface area (Å²) in [4.78, 5) is 0. The summed E-state index contributed by atoms with van der Waals surface area (Å²) < 4.78 is 3.61. The fourth-order valence-corrected chi connectivity index (χ4v) is 521. The second-order valence-electron chi connectivity index (χ2n) is 6.33. The molecule has 1 N–H and O–H groups in total. The molecule has 2 rings (SSSR count). The first-order valence-corrected chi connectivity index (χ1v) is 99.6. The van der Waals surface area contributed by atoms with Crippen molar-refractivity contribution in [2.45, 2.75) is 36.3 Å². The molecular formula is C9H13I18N5-2. The van der Waals surface area contributed by atoms with Crippen LogP contribution in [0, 0.1) is 6.92 Å². The fourth-order valence-electron chi connectivity index (χ4n) is 2.68. The molecule has 2 heterocycles. The van der Waals surface area contributed by atoms with Crippen LogP contribution in [0.2, 0.25) is 0 Å². The molecule has 2 atom stereocenters. The molecule has 0 bridgehead atoms. The van der Waals surface area contributed by atoms with Gasteiger partial charge in [-0.15, -0.1) is 0 Å². The van der Waals surface area contributed by atoms with Gasteiger partial charge >= 0.3 is 349 Å². The average Bonchev–Trinajstić information content (AvgIpc) is 3.09. The molecule has 0 spiro atoms. The van der Waals surface area contributed by atoms with Gasteiger partial charge in [0.1, 0.15) is 0 Å². The Morgan fingerprint density at radius 2 is 1.44 bits per heavy atom. The van der Waals surface area contributed by atoms with Gasteiger partial charge in [0.2, 0.25) is 0 Å². The maximum atomic E-state index is 4.81. The Morgan fingerprint density at radius 3 is 1.84 bits per heavy atom. The standard InChI is InChI=1S/C9H13I18N5/c1-5-28-29-6-30-32(7(2,3)4)8(22(12)13,23(14)20-10)9(31(5)6,24(15)26(17)18)25(16)27(19)21-11/h1-4H3,(H,29,30)/q-2. The van der Waals surface area contributed by atoms with Crippen molar-refractivity contribution in [3.8, 4) is 0 Å². The van der Waals surface area contributed by atoms with Gasteiger partial charge < -0.3 is 0 Å². The van der Waals surface area contributed by atoms with Crippen LogP contribution in [0.1, 0.15) is 26.6 Å². The summed E-state index contributed by atoms with van der Waals surface area (Å²) in [7, 11) is -2.01. The summed E-state index contributed by atoms with van der Waals surface area (Å²) in [5.74, 6) is 2.26. The van der Waals surface area contributed by atoms with Crippen LogP contribution in [0.5, 0.6) is 0 Å². The van der Waals surface area contributed by atoms with Crippen LogP contribution in [-0.4, -0.2) is 26.9 Å². The minimum atomic E-state index is -1.40. The van der Waals surface area contributed by atoms with Crippen molar-refractivity contribution in [2.75, 3.05) is 5.43 Å². The van der Waals surface area contributed by atoms with Crippen molar-refractivity contribution in [1.29, 1.82) is 0 Å². The molecule has 0 saturated heterocycles. The Kier molecular flexibility index (Phi) is 22.6. The van der Waals surface area contributed by atoms with Gasteiger partial charge in [0.05, 0.1) is 0 Å². The first-order chi connectivity index (χ1) is 14.7. The average molecular weight is 2480 g/mol. The summed E-state index contributed by atoms with van der Waals surface area (Å²) in [6.45, 7) is 9.61. The minimum absolute atomic E-state index is 0.0689. The van der Waals surface area contributed by atoms with Crippen LogP contribution in [0.4, 0.5) is 5.95 Å². The van der Waals surface area contributed by atoms with E-state index in [0.717, 1.165) is 5.95 Å². The van der Waals surface area contributed by atoms with Crippen molar-refractivity contribution in [1.82, 2.24) is 19.8 Å². The van der Waals surface area contributed by atoms with Crippen molar-refractivity contribution < 1.29 is 26.5 Å². The first-order valence-electron chi connectivity index (χ1n) is 7.24. The molecular weight excluding hydrogens is 2460 g/mol. The number of nitrogens with one attached hydrogen (secondary N) is 1. The van der Waals surface area contributed by atoms with E-state index in [-0.39, 0.29) is 18.8 Å². The zero-order chi connectivity index (χ0) is 24.8. The van der Waals surface area contributed by atoms with E-state index in [1.807, 2.05) is 0 Å². The molecule has 2 unspecified atom stereocenters.